The summed E-state index contributed by atoms with van der Waals surface area (Å²) < 4.78 is 0. The third kappa shape index (κ3) is 2.94. The van der Waals surface area contributed by atoms with Crippen molar-refractivity contribution in [1.82, 2.24) is 19.9 Å². The predicted octanol–water partition coefficient (Wildman–Crippen LogP) is 0.109. The zero-order valence-corrected chi connectivity index (χ0v) is 9.90. The second-order valence-electron chi connectivity index (χ2n) is 3.26. The van der Waals surface area contributed by atoms with Gasteiger partial charge in [-0.3, -0.25) is 9.59 Å². The van der Waals surface area contributed by atoms with Crippen LogP contribution in [0.4, 0.5) is 5.82 Å². The lowest BCUT2D eigenvalue weighted by atomic mass is 10.5. The average molecular weight is 267 g/mol. The Bertz CT molecular complexity index is 584. The van der Waals surface area contributed by atoms with Gasteiger partial charge in [-0.15, -0.1) is 11.8 Å². The number of nitrogens with one attached hydrogen (secondary N) is 2. The molecule has 2 aromatic rings. The molecule has 1 amide bonds. The Morgan fingerprint density at radius 2 is 2.17 bits per heavy atom. The summed E-state index contributed by atoms with van der Waals surface area (Å²) in [7, 11) is 0. The maximum atomic E-state index is 11.5. The Hall–Kier alpha value is -2.16. The number of hydrogen-bond donors (Lipinski definition) is 3. The number of aliphatic carboxylic acids is 1. The molecule has 2 aromatic heterocycles. The number of anilines is 1. The van der Waals surface area contributed by atoms with Crippen LogP contribution in [0.15, 0.2) is 12.7 Å². The number of amides is 1. The lowest BCUT2D eigenvalue weighted by molar-refractivity contribution is -0.133. The fourth-order valence-electron chi connectivity index (χ4n) is 1.26. The molecule has 0 aliphatic rings. The molecule has 0 saturated carbocycles. The van der Waals surface area contributed by atoms with Gasteiger partial charge in [0.05, 0.1) is 17.8 Å². The number of H-pyrrole nitrogens is 1. The van der Waals surface area contributed by atoms with Crippen LogP contribution in [0.5, 0.6) is 0 Å². The fourth-order valence-corrected chi connectivity index (χ4v) is 1.79. The van der Waals surface area contributed by atoms with Crippen LogP contribution in [0, 0.1) is 0 Å². The molecule has 0 atom stereocenters. The van der Waals surface area contributed by atoms with E-state index in [0.717, 1.165) is 11.8 Å². The van der Waals surface area contributed by atoms with Gasteiger partial charge in [-0.1, -0.05) is 0 Å². The Kier molecular flexibility index (Phi) is 3.72. The summed E-state index contributed by atoms with van der Waals surface area (Å²) in [6.07, 6.45) is 2.75. The molecule has 0 aliphatic carbocycles. The summed E-state index contributed by atoms with van der Waals surface area (Å²) in [4.78, 5) is 36.4. The smallest absolute Gasteiger partial charge is 0.313 e. The Morgan fingerprint density at radius 1 is 1.33 bits per heavy atom. The maximum absolute atomic E-state index is 11.5. The zero-order chi connectivity index (χ0) is 13.0. The van der Waals surface area contributed by atoms with E-state index in [1.165, 1.54) is 12.7 Å². The van der Waals surface area contributed by atoms with Gasteiger partial charge in [-0.05, 0) is 0 Å². The molecular formula is C9H9N5O3S. The Morgan fingerprint density at radius 3 is 2.94 bits per heavy atom. The van der Waals surface area contributed by atoms with Crippen LogP contribution in [-0.4, -0.2) is 48.4 Å². The molecule has 18 heavy (non-hydrogen) atoms. The molecule has 8 nitrogen and oxygen atoms in total. The molecule has 94 valence electrons. The molecule has 9 heteroatoms. The number of imidazole rings is 1. The summed E-state index contributed by atoms with van der Waals surface area (Å²) >= 11 is 1.02. The monoisotopic (exact) mass is 267 g/mol. The first-order valence-electron chi connectivity index (χ1n) is 4.90. The van der Waals surface area contributed by atoms with E-state index in [4.69, 9.17) is 5.11 Å². The van der Waals surface area contributed by atoms with Crippen LogP contribution in [0.1, 0.15) is 0 Å². The number of fused-ring (bicyclic) bond motifs is 1. The van der Waals surface area contributed by atoms with Crippen molar-refractivity contribution in [3.8, 4) is 0 Å². The molecule has 0 saturated heterocycles. The SMILES string of the molecule is O=C(O)CSCC(=O)Nc1ncnc2nc[nH]c12. The van der Waals surface area contributed by atoms with Crippen molar-refractivity contribution in [1.29, 1.82) is 0 Å². The third-order valence-electron chi connectivity index (χ3n) is 1.94. The number of aromatic nitrogens is 4. The maximum Gasteiger partial charge on any atom is 0.313 e. The fraction of sp³-hybridized carbons (Fsp3) is 0.222. The van der Waals surface area contributed by atoms with Crippen LogP contribution in [-0.2, 0) is 9.59 Å². The van der Waals surface area contributed by atoms with E-state index < -0.39 is 5.97 Å². The number of carbonyl (C=O) groups is 2. The molecule has 0 fully saturated rings. The number of carbonyl (C=O) groups excluding carboxylic acids is 1. The normalized spacial score (nSPS) is 10.4. The lowest BCUT2D eigenvalue weighted by Crippen LogP contribution is -2.16. The first-order chi connectivity index (χ1) is 8.66. The molecule has 0 spiro atoms. The van der Waals surface area contributed by atoms with Crippen LogP contribution < -0.4 is 5.32 Å². The van der Waals surface area contributed by atoms with E-state index in [1.807, 2.05) is 0 Å². The van der Waals surface area contributed by atoms with Crippen LogP contribution >= 0.6 is 11.8 Å². The highest BCUT2D eigenvalue weighted by molar-refractivity contribution is 8.00. The van der Waals surface area contributed by atoms with Gasteiger partial charge in [-0.2, -0.15) is 0 Å². The average Bonchev–Trinajstić information content (AvgIpc) is 2.77. The third-order valence-corrected chi connectivity index (χ3v) is 2.86. The van der Waals surface area contributed by atoms with Crippen molar-refractivity contribution in [2.75, 3.05) is 16.8 Å². The minimum absolute atomic E-state index is 0.0476. The molecule has 0 aliphatic heterocycles. The topological polar surface area (TPSA) is 121 Å². The van der Waals surface area contributed by atoms with Gasteiger partial charge in [0.2, 0.25) is 5.91 Å². The van der Waals surface area contributed by atoms with Gasteiger partial charge in [0.1, 0.15) is 11.8 Å². The second kappa shape index (κ2) is 5.45. The van der Waals surface area contributed by atoms with Crippen molar-refractivity contribution in [3.05, 3.63) is 12.7 Å². The summed E-state index contributed by atoms with van der Waals surface area (Å²) in [6.45, 7) is 0. The van der Waals surface area contributed by atoms with Crippen LogP contribution in [0.25, 0.3) is 11.2 Å². The van der Waals surface area contributed by atoms with E-state index in [-0.39, 0.29) is 17.4 Å². The van der Waals surface area contributed by atoms with E-state index in [1.54, 1.807) is 0 Å². The highest BCUT2D eigenvalue weighted by Gasteiger charge is 2.10. The number of carboxylic acids is 1. The number of nitrogens with zero attached hydrogens (tertiary/aromatic N) is 3. The van der Waals surface area contributed by atoms with E-state index >= 15 is 0 Å². The van der Waals surface area contributed by atoms with Crippen molar-refractivity contribution in [3.63, 3.8) is 0 Å². The molecule has 0 radical (unpaired) electrons. The van der Waals surface area contributed by atoms with E-state index in [2.05, 4.69) is 25.3 Å². The van der Waals surface area contributed by atoms with Crippen molar-refractivity contribution >= 4 is 40.6 Å². The molecule has 2 rings (SSSR count). The van der Waals surface area contributed by atoms with E-state index in [0.29, 0.717) is 17.0 Å². The number of carboxylic acid groups (broad SMARTS) is 1. The molecule has 0 aromatic carbocycles. The second-order valence-corrected chi connectivity index (χ2v) is 4.24. The molecule has 0 bridgehead atoms. The summed E-state index contributed by atoms with van der Waals surface area (Å²) in [5.41, 5.74) is 0.993. The van der Waals surface area contributed by atoms with Gasteiger partial charge >= 0.3 is 5.97 Å². The van der Waals surface area contributed by atoms with Crippen molar-refractivity contribution in [2.45, 2.75) is 0 Å². The van der Waals surface area contributed by atoms with Gasteiger partial charge in [-0.25, -0.2) is 15.0 Å². The summed E-state index contributed by atoms with van der Waals surface area (Å²) in [5, 5.41) is 11.0. The minimum atomic E-state index is -0.953. The standard InChI is InChI=1S/C9H9N5O3S/c15-5(1-18-2-6(16)17)14-9-7-8(11-3-10-7)12-4-13-9/h3-4H,1-2H2,(H,16,17)(H2,10,11,12,13,14,15). The quantitative estimate of drug-likeness (QED) is 0.702. The van der Waals surface area contributed by atoms with Gasteiger partial charge in [0.25, 0.3) is 0 Å². The lowest BCUT2D eigenvalue weighted by Gasteiger charge is -2.03. The summed E-state index contributed by atoms with van der Waals surface area (Å²) in [6, 6.07) is 0. The molecule has 3 N–H and O–H groups in total. The summed E-state index contributed by atoms with van der Waals surface area (Å²) in [5.74, 6) is -1.01. The number of aromatic amines is 1. The van der Waals surface area contributed by atoms with E-state index in [9.17, 15) is 9.59 Å². The minimum Gasteiger partial charge on any atom is -0.481 e. The molecular weight excluding hydrogens is 258 g/mol. The van der Waals surface area contributed by atoms with Gasteiger partial charge < -0.3 is 15.4 Å². The zero-order valence-electron chi connectivity index (χ0n) is 9.08. The highest BCUT2D eigenvalue weighted by atomic mass is 32.2. The molecule has 0 unspecified atom stereocenters. The van der Waals surface area contributed by atoms with Gasteiger partial charge in [0.15, 0.2) is 11.5 Å². The Labute approximate surface area is 105 Å². The first kappa shape index (κ1) is 12.3. The largest absolute Gasteiger partial charge is 0.481 e. The van der Waals surface area contributed by atoms with Crippen LogP contribution in [0.2, 0.25) is 0 Å². The highest BCUT2D eigenvalue weighted by Crippen LogP contribution is 2.14. The number of thioether (sulfide) groups is 1. The Balaban J connectivity index is 1.98. The first-order valence-corrected chi connectivity index (χ1v) is 6.06. The van der Waals surface area contributed by atoms with Crippen molar-refractivity contribution < 1.29 is 14.7 Å². The van der Waals surface area contributed by atoms with Crippen LogP contribution in [0.3, 0.4) is 0 Å². The number of rotatable bonds is 5. The van der Waals surface area contributed by atoms with Gasteiger partial charge in [0, 0.05) is 0 Å². The van der Waals surface area contributed by atoms with Crippen molar-refractivity contribution in [2.24, 2.45) is 0 Å². The molecule has 2 heterocycles. The number of hydrogen-bond acceptors (Lipinski definition) is 6. The predicted molar refractivity (Wildman–Crippen MR) is 65.3 cm³/mol.